The van der Waals surface area contributed by atoms with Gasteiger partial charge in [0.2, 0.25) is 0 Å². The van der Waals surface area contributed by atoms with Crippen LogP contribution in [0, 0.1) is 34.5 Å². The van der Waals surface area contributed by atoms with Crippen molar-refractivity contribution in [3.8, 4) is 0 Å². The van der Waals surface area contributed by atoms with E-state index >= 15 is 0 Å². The van der Waals surface area contributed by atoms with Gasteiger partial charge >= 0.3 is 11.9 Å². The van der Waals surface area contributed by atoms with E-state index < -0.39 is 96.0 Å². The number of hydrogen-bond acceptors (Lipinski definition) is 14. The summed E-state index contributed by atoms with van der Waals surface area (Å²) in [6, 6.07) is 0. The van der Waals surface area contributed by atoms with Gasteiger partial charge < -0.3 is 52.8 Å². The van der Waals surface area contributed by atoms with Crippen LogP contribution in [0.4, 0.5) is 0 Å². The lowest BCUT2D eigenvalue weighted by Crippen LogP contribution is -2.71. The highest BCUT2D eigenvalue weighted by atomic mass is 16.7. The van der Waals surface area contributed by atoms with Gasteiger partial charge in [-0.15, -0.1) is 0 Å². The molecule has 7 fully saturated rings. The molecule has 0 aromatic rings. The SMILES string of the molecule is CC=C(C)C(=O)OC1C(OC(=O)C(C)CC)C2C3(C)CCC(OC4CC(OC)C(OC5OC(C)C(O)C(OC)C5O)C(C)O4)CC3CCC23OC32CCC(C(C)=O)C12C. The van der Waals surface area contributed by atoms with Gasteiger partial charge in [-0.3, -0.25) is 9.59 Å². The van der Waals surface area contributed by atoms with E-state index in [9.17, 15) is 24.6 Å². The number of epoxide rings is 1. The molecule has 0 aromatic heterocycles. The number of methoxy groups -OCH3 is 2. The van der Waals surface area contributed by atoms with Crippen molar-refractivity contribution < 1.29 is 67.2 Å². The maximum Gasteiger partial charge on any atom is 0.333 e. The van der Waals surface area contributed by atoms with Crippen LogP contribution < -0.4 is 0 Å². The first-order chi connectivity index (χ1) is 27.9. The zero-order valence-electron chi connectivity index (χ0n) is 37.0. The Hall–Kier alpha value is -2.01. The summed E-state index contributed by atoms with van der Waals surface area (Å²) in [7, 11) is 3.04. The lowest BCUT2D eigenvalue weighted by molar-refractivity contribution is -0.343. The van der Waals surface area contributed by atoms with Gasteiger partial charge in [-0.25, -0.2) is 4.79 Å². The van der Waals surface area contributed by atoms with E-state index in [1.807, 2.05) is 27.7 Å². The Kier molecular flexibility index (Phi) is 12.7. The maximum atomic E-state index is 13.9. The van der Waals surface area contributed by atoms with E-state index in [2.05, 4.69) is 6.92 Å². The monoisotopic (exact) mass is 834 g/mol. The average molecular weight is 835 g/mol. The first-order valence-corrected chi connectivity index (χ1v) is 22.2. The van der Waals surface area contributed by atoms with Crippen molar-refractivity contribution in [2.24, 2.45) is 34.5 Å². The third-order valence-corrected chi connectivity index (χ3v) is 16.5. The Morgan fingerprint density at radius 1 is 0.864 bits per heavy atom. The molecule has 0 aromatic carbocycles. The number of fused-ring (bicyclic) bond motifs is 2. The Morgan fingerprint density at radius 3 is 2.24 bits per heavy atom. The van der Waals surface area contributed by atoms with Gasteiger partial charge in [-0.2, -0.15) is 0 Å². The van der Waals surface area contributed by atoms with Crippen LogP contribution in [-0.2, 0) is 57.0 Å². The number of ether oxygens (including phenoxy) is 9. The van der Waals surface area contributed by atoms with Crippen molar-refractivity contribution in [2.45, 2.75) is 205 Å². The molecule has 2 N–H and O–H groups in total. The molecule has 334 valence electrons. The van der Waals surface area contributed by atoms with Crippen molar-refractivity contribution >= 4 is 17.7 Å². The molecular formula is C45H70O14. The minimum absolute atomic E-state index is 0.0313. The first kappa shape index (κ1) is 45.0. The summed E-state index contributed by atoms with van der Waals surface area (Å²) < 4.78 is 57.1. The third kappa shape index (κ3) is 7.06. The average Bonchev–Trinajstić information content (AvgIpc) is 3.75. The number of allylic oxidation sites excluding steroid dienone is 1. The van der Waals surface area contributed by atoms with Crippen molar-refractivity contribution in [3.63, 3.8) is 0 Å². The number of aliphatic hydroxyl groups excluding tert-OH is 2. The lowest BCUT2D eigenvalue weighted by Gasteiger charge is -2.61. The lowest BCUT2D eigenvalue weighted by atomic mass is 9.43. The highest BCUT2D eigenvalue weighted by Crippen LogP contribution is 2.81. The smallest absolute Gasteiger partial charge is 0.333 e. The van der Waals surface area contributed by atoms with E-state index in [4.69, 9.17) is 42.6 Å². The predicted molar refractivity (Wildman–Crippen MR) is 212 cm³/mol. The second-order valence-corrected chi connectivity index (χ2v) is 19.3. The minimum Gasteiger partial charge on any atom is -0.458 e. The molecule has 3 aliphatic heterocycles. The van der Waals surface area contributed by atoms with Crippen LogP contribution in [-0.4, -0.2) is 127 Å². The number of esters is 2. The molecule has 3 heterocycles. The van der Waals surface area contributed by atoms with E-state index in [0.29, 0.717) is 31.3 Å². The molecule has 0 amide bonds. The fraction of sp³-hybridized carbons (Fsp3) is 0.889. The third-order valence-electron chi connectivity index (χ3n) is 16.5. The summed E-state index contributed by atoms with van der Waals surface area (Å²) in [6.45, 7) is 16.9. The van der Waals surface area contributed by atoms with Gasteiger partial charge in [-0.05, 0) is 97.3 Å². The van der Waals surface area contributed by atoms with E-state index in [1.165, 1.54) is 7.11 Å². The normalized spacial score (nSPS) is 49.7. The topological polar surface area (TPSA) is 178 Å². The highest BCUT2D eigenvalue weighted by molar-refractivity contribution is 5.88. The van der Waals surface area contributed by atoms with Crippen molar-refractivity contribution in [1.82, 2.24) is 0 Å². The molecule has 4 aliphatic carbocycles. The summed E-state index contributed by atoms with van der Waals surface area (Å²) in [4.78, 5) is 41.1. The van der Waals surface area contributed by atoms with Gasteiger partial charge in [0.25, 0.3) is 0 Å². The Bertz CT molecular complexity index is 1620. The molecule has 7 aliphatic rings. The number of Topliss-reactive ketones (excluding diaryl/α,β-unsaturated/α-hetero) is 1. The van der Waals surface area contributed by atoms with Gasteiger partial charge in [0.05, 0.1) is 30.3 Å². The molecule has 4 saturated carbocycles. The largest absolute Gasteiger partial charge is 0.458 e. The predicted octanol–water partition coefficient (Wildman–Crippen LogP) is 4.97. The van der Waals surface area contributed by atoms with E-state index in [1.54, 1.807) is 40.9 Å². The number of ketones is 1. The number of aliphatic hydroxyl groups is 2. The Balaban J connectivity index is 1.12. The fourth-order valence-electron chi connectivity index (χ4n) is 12.9. The standard InChI is InChI=1S/C45H70O14/c1-12-22(3)39(49)56-36-37-42(8)17-15-28(55-31-21-30(51-10)34(26(7)53-31)57-41-33(48)35(52-11)32(47)25(6)54-41)20-27(42)14-18-44(37)45(59-44)19-16-29(24(5)46)43(45,9)38(36)58-40(50)23(4)13-2/h13,22,25-38,41,47-48H,12,14-21H2,1-11H3. The molecule has 20 atom stereocenters. The summed E-state index contributed by atoms with van der Waals surface area (Å²) in [5.41, 5.74) is -2.10. The van der Waals surface area contributed by atoms with E-state index in [0.717, 1.165) is 32.1 Å². The maximum absolute atomic E-state index is 13.9. The van der Waals surface area contributed by atoms with Gasteiger partial charge in [-0.1, -0.05) is 33.8 Å². The second kappa shape index (κ2) is 16.6. The summed E-state index contributed by atoms with van der Waals surface area (Å²) in [5.74, 6) is -1.65. The Labute approximate surface area is 349 Å². The molecule has 59 heavy (non-hydrogen) atoms. The fourth-order valence-corrected chi connectivity index (χ4v) is 12.9. The van der Waals surface area contributed by atoms with Gasteiger partial charge in [0.1, 0.15) is 53.6 Å². The molecule has 14 nitrogen and oxygen atoms in total. The quantitative estimate of drug-likeness (QED) is 0.117. The van der Waals surface area contributed by atoms with Crippen molar-refractivity contribution in [2.75, 3.05) is 14.2 Å². The second-order valence-electron chi connectivity index (χ2n) is 19.3. The molecular weight excluding hydrogens is 764 g/mol. The van der Waals surface area contributed by atoms with Crippen LogP contribution in [0.3, 0.4) is 0 Å². The van der Waals surface area contributed by atoms with Gasteiger partial charge in [0.15, 0.2) is 12.6 Å². The van der Waals surface area contributed by atoms with Crippen LogP contribution in [0.2, 0.25) is 0 Å². The molecule has 3 saturated heterocycles. The van der Waals surface area contributed by atoms with Crippen LogP contribution in [0.25, 0.3) is 0 Å². The zero-order chi connectivity index (χ0) is 43.0. The van der Waals surface area contributed by atoms with Crippen LogP contribution in [0.5, 0.6) is 0 Å². The summed E-state index contributed by atoms with van der Waals surface area (Å²) in [5, 5.41) is 21.4. The molecule has 2 spiro atoms. The molecule has 0 bridgehead atoms. The molecule has 20 unspecified atom stereocenters. The summed E-state index contributed by atoms with van der Waals surface area (Å²) in [6.07, 6.45) is -0.762. The van der Waals surface area contributed by atoms with Gasteiger partial charge in [0, 0.05) is 43.5 Å². The van der Waals surface area contributed by atoms with Crippen molar-refractivity contribution in [1.29, 1.82) is 0 Å². The minimum atomic E-state index is -1.22. The number of hydrogen-bond donors (Lipinski definition) is 2. The highest BCUT2D eigenvalue weighted by Gasteiger charge is 2.91. The zero-order valence-corrected chi connectivity index (χ0v) is 37.0. The number of carbonyl (C=O) groups excluding carboxylic acids is 3. The summed E-state index contributed by atoms with van der Waals surface area (Å²) >= 11 is 0. The van der Waals surface area contributed by atoms with Crippen LogP contribution >= 0.6 is 0 Å². The first-order valence-electron chi connectivity index (χ1n) is 22.2. The van der Waals surface area contributed by atoms with Crippen molar-refractivity contribution in [3.05, 3.63) is 11.6 Å². The number of rotatable bonds is 12. The molecule has 0 radical (unpaired) electrons. The van der Waals surface area contributed by atoms with Crippen LogP contribution in [0.1, 0.15) is 120 Å². The van der Waals surface area contributed by atoms with Crippen LogP contribution in [0.15, 0.2) is 11.6 Å². The number of carbonyl (C=O) groups is 3. The Morgan fingerprint density at radius 2 is 1.59 bits per heavy atom. The molecule has 7 rings (SSSR count). The molecule has 14 heteroatoms. The van der Waals surface area contributed by atoms with E-state index in [-0.39, 0.29) is 41.0 Å².